The summed E-state index contributed by atoms with van der Waals surface area (Å²) >= 11 is 6.98. The summed E-state index contributed by atoms with van der Waals surface area (Å²) in [6, 6.07) is 0. The number of hydrogen-bond acceptors (Lipinski definition) is 0. The van der Waals surface area contributed by atoms with Crippen LogP contribution < -0.4 is 0 Å². The molecule has 0 spiro atoms. The van der Waals surface area contributed by atoms with E-state index in [2.05, 4.69) is 44.7 Å². The van der Waals surface area contributed by atoms with E-state index in [4.69, 9.17) is 0 Å². The van der Waals surface area contributed by atoms with Gasteiger partial charge in [0.05, 0.1) is 0 Å². The molecule has 1 fully saturated rings. The van der Waals surface area contributed by atoms with E-state index in [1.807, 2.05) is 0 Å². The summed E-state index contributed by atoms with van der Waals surface area (Å²) in [5.41, 5.74) is 0. The molecule has 10 heavy (non-hydrogen) atoms. The van der Waals surface area contributed by atoms with Crippen molar-refractivity contribution in [1.29, 1.82) is 0 Å². The number of alkyl halides is 2. The topological polar surface area (TPSA) is 0 Å². The number of halogens is 2. The summed E-state index contributed by atoms with van der Waals surface area (Å²) in [6.07, 6.45) is 7.37. The molecule has 0 heterocycles. The molecule has 0 N–H and O–H groups in total. The second-order valence-electron chi connectivity index (χ2n) is 2.77. The maximum Gasteiger partial charge on any atom is 0.00625 e. The van der Waals surface area contributed by atoms with Crippen LogP contribution in [-0.4, -0.2) is 10.7 Å². The third-order valence-corrected chi connectivity index (χ3v) is 3.60. The van der Waals surface area contributed by atoms with E-state index in [0.29, 0.717) is 0 Å². The van der Waals surface area contributed by atoms with Gasteiger partial charge in [0.25, 0.3) is 0 Å². The maximum atomic E-state index is 3.49. The van der Waals surface area contributed by atoms with Crippen molar-refractivity contribution in [2.24, 2.45) is 11.8 Å². The molecule has 1 aliphatic carbocycles. The Morgan fingerprint density at radius 2 is 1.40 bits per heavy atom. The molecule has 0 aromatic carbocycles. The summed E-state index contributed by atoms with van der Waals surface area (Å²) in [7, 11) is 0. The first-order valence-corrected chi connectivity index (χ1v) is 5.89. The van der Waals surface area contributed by atoms with Crippen LogP contribution in [0.1, 0.15) is 12.8 Å². The smallest absolute Gasteiger partial charge is 0.00625 e. The molecule has 0 aromatic rings. The van der Waals surface area contributed by atoms with Gasteiger partial charge in [0.1, 0.15) is 0 Å². The van der Waals surface area contributed by atoms with Crippen molar-refractivity contribution in [1.82, 2.24) is 0 Å². The van der Waals surface area contributed by atoms with Crippen molar-refractivity contribution in [2.75, 3.05) is 10.7 Å². The Balaban J connectivity index is 2.17. The molecule has 2 atom stereocenters. The Labute approximate surface area is 80.0 Å². The van der Waals surface area contributed by atoms with Gasteiger partial charge in [0.2, 0.25) is 0 Å². The molecule has 2 radical (unpaired) electrons. The van der Waals surface area contributed by atoms with E-state index in [0.717, 1.165) is 22.5 Å². The van der Waals surface area contributed by atoms with Crippen molar-refractivity contribution in [3.8, 4) is 0 Å². The fraction of sp³-hybridized carbons (Fsp3) is 0.750. The molecule has 2 unspecified atom stereocenters. The van der Waals surface area contributed by atoms with E-state index in [1.165, 1.54) is 12.8 Å². The van der Waals surface area contributed by atoms with E-state index >= 15 is 0 Å². The minimum absolute atomic E-state index is 0.787. The third kappa shape index (κ3) is 2.54. The molecular formula is C8H12Br2. The molecule has 1 saturated carbocycles. The van der Waals surface area contributed by atoms with Crippen LogP contribution in [0.5, 0.6) is 0 Å². The van der Waals surface area contributed by atoms with Gasteiger partial charge in [0, 0.05) is 10.7 Å². The van der Waals surface area contributed by atoms with Crippen molar-refractivity contribution in [3.63, 3.8) is 0 Å². The lowest BCUT2D eigenvalue weighted by atomic mass is 9.84. The minimum atomic E-state index is 0.787. The van der Waals surface area contributed by atoms with Crippen LogP contribution in [0.3, 0.4) is 0 Å². The van der Waals surface area contributed by atoms with Gasteiger partial charge in [0.15, 0.2) is 0 Å². The quantitative estimate of drug-likeness (QED) is 0.674. The Morgan fingerprint density at radius 1 is 1.00 bits per heavy atom. The largest absolute Gasteiger partial charge is 0.0925 e. The molecule has 0 saturated heterocycles. The van der Waals surface area contributed by atoms with Gasteiger partial charge in [-0.3, -0.25) is 0 Å². The predicted octanol–water partition coefficient (Wildman–Crippen LogP) is 3.21. The monoisotopic (exact) mass is 266 g/mol. The van der Waals surface area contributed by atoms with Crippen molar-refractivity contribution in [3.05, 3.63) is 12.8 Å². The maximum absolute atomic E-state index is 3.49. The van der Waals surface area contributed by atoms with Crippen molar-refractivity contribution in [2.45, 2.75) is 12.8 Å². The highest BCUT2D eigenvalue weighted by Crippen LogP contribution is 2.28. The SMILES string of the molecule is BrCC1[CH]CC(CBr)[CH]C1. The van der Waals surface area contributed by atoms with Gasteiger partial charge >= 0.3 is 0 Å². The normalized spacial score (nSPS) is 34.2. The van der Waals surface area contributed by atoms with Crippen LogP contribution >= 0.6 is 31.9 Å². The van der Waals surface area contributed by atoms with Crippen LogP contribution in [0.15, 0.2) is 0 Å². The van der Waals surface area contributed by atoms with Gasteiger partial charge in [-0.15, -0.1) is 0 Å². The van der Waals surface area contributed by atoms with E-state index in [1.54, 1.807) is 0 Å². The molecule has 0 aliphatic heterocycles. The molecule has 0 amide bonds. The van der Waals surface area contributed by atoms with E-state index in [-0.39, 0.29) is 0 Å². The molecular weight excluding hydrogens is 256 g/mol. The summed E-state index contributed by atoms with van der Waals surface area (Å²) in [5.74, 6) is 1.57. The molecule has 0 nitrogen and oxygen atoms in total. The lowest BCUT2D eigenvalue weighted by molar-refractivity contribution is 0.486. The zero-order valence-corrected chi connectivity index (χ0v) is 9.07. The van der Waals surface area contributed by atoms with Gasteiger partial charge in [-0.05, 0) is 37.5 Å². The third-order valence-electron chi connectivity index (χ3n) is 1.94. The van der Waals surface area contributed by atoms with Crippen LogP contribution in [0.2, 0.25) is 0 Å². The van der Waals surface area contributed by atoms with Crippen LogP contribution in [0.4, 0.5) is 0 Å². The van der Waals surface area contributed by atoms with Crippen LogP contribution in [0, 0.1) is 24.7 Å². The first-order chi connectivity index (χ1) is 4.86. The standard InChI is InChI=1S/C8H12Br2/c9-5-7-1-2-8(6-10)4-3-7/h1,4,7-8H,2-3,5-6H2. The predicted molar refractivity (Wildman–Crippen MR) is 52.4 cm³/mol. The minimum Gasteiger partial charge on any atom is -0.0925 e. The zero-order chi connectivity index (χ0) is 7.40. The molecule has 0 bridgehead atoms. The zero-order valence-electron chi connectivity index (χ0n) is 5.89. The molecule has 58 valence electrons. The first-order valence-electron chi connectivity index (χ1n) is 3.65. The van der Waals surface area contributed by atoms with Gasteiger partial charge < -0.3 is 0 Å². The highest BCUT2D eigenvalue weighted by atomic mass is 79.9. The summed E-state index contributed by atoms with van der Waals surface area (Å²) in [6.45, 7) is 0. The van der Waals surface area contributed by atoms with E-state index in [9.17, 15) is 0 Å². The van der Waals surface area contributed by atoms with Crippen molar-refractivity contribution >= 4 is 31.9 Å². The lowest BCUT2D eigenvalue weighted by Gasteiger charge is -2.24. The Bertz CT molecular complexity index is 73.3. The van der Waals surface area contributed by atoms with E-state index < -0.39 is 0 Å². The molecule has 0 aromatic heterocycles. The van der Waals surface area contributed by atoms with Gasteiger partial charge in [-0.1, -0.05) is 31.9 Å². The Morgan fingerprint density at radius 3 is 1.60 bits per heavy atom. The summed E-state index contributed by atoms with van der Waals surface area (Å²) in [4.78, 5) is 0. The Hall–Kier alpha value is 0.960. The average Bonchev–Trinajstić information content (AvgIpc) is 2.05. The molecule has 1 rings (SSSR count). The molecule has 1 aliphatic rings. The number of hydrogen-bond donors (Lipinski definition) is 0. The highest BCUT2D eigenvalue weighted by molar-refractivity contribution is 9.09. The van der Waals surface area contributed by atoms with Crippen LogP contribution in [-0.2, 0) is 0 Å². The Kier molecular flexibility index (Phi) is 4.31. The van der Waals surface area contributed by atoms with Crippen molar-refractivity contribution < 1.29 is 0 Å². The number of rotatable bonds is 2. The summed E-state index contributed by atoms with van der Waals surface area (Å²) < 4.78 is 0. The highest BCUT2D eigenvalue weighted by Gasteiger charge is 2.19. The summed E-state index contributed by atoms with van der Waals surface area (Å²) in [5, 5.41) is 2.25. The fourth-order valence-corrected chi connectivity index (χ4v) is 2.24. The average molecular weight is 268 g/mol. The van der Waals surface area contributed by atoms with Crippen LogP contribution in [0.25, 0.3) is 0 Å². The first kappa shape index (κ1) is 9.05. The fourth-order valence-electron chi connectivity index (χ4n) is 1.18. The molecule has 2 heteroatoms. The second kappa shape index (κ2) is 4.76. The second-order valence-corrected chi connectivity index (χ2v) is 4.07. The lowest BCUT2D eigenvalue weighted by Crippen LogP contribution is -2.17. The van der Waals surface area contributed by atoms with Gasteiger partial charge in [-0.2, -0.15) is 0 Å². The van der Waals surface area contributed by atoms with Gasteiger partial charge in [-0.25, -0.2) is 0 Å².